The van der Waals surface area contributed by atoms with Crippen molar-refractivity contribution in [3.63, 3.8) is 0 Å². The lowest BCUT2D eigenvalue weighted by Crippen LogP contribution is -2.27. The fraction of sp³-hybridized carbons (Fsp3) is 0.500. The molecule has 0 atom stereocenters. The molecule has 8 heavy (non-hydrogen) atoms. The van der Waals surface area contributed by atoms with Crippen LogP contribution in [-0.4, -0.2) is 32.2 Å². The summed E-state index contributed by atoms with van der Waals surface area (Å²) in [6.07, 6.45) is 1.59. The van der Waals surface area contributed by atoms with Gasteiger partial charge in [0, 0.05) is 20.8 Å². The number of hydrazine groups is 1. The van der Waals surface area contributed by atoms with E-state index in [1.54, 1.807) is 25.4 Å². The first kappa shape index (κ1) is 6.94. The number of hydrogen-bond acceptors (Lipinski definition) is 3. The van der Waals surface area contributed by atoms with Gasteiger partial charge in [-0.3, -0.25) is 10.0 Å². The molecule has 0 unspecified atom stereocenters. The van der Waals surface area contributed by atoms with E-state index in [9.17, 15) is 0 Å². The van der Waals surface area contributed by atoms with E-state index in [1.165, 1.54) is 0 Å². The van der Waals surface area contributed by atoms with E-state index in [1.807, 2.05) is 0 Å². The molecule has 0 radical (unpaired) electrons. The summed E-state index contributed by atoms with van der Waals surface area (Å²) in [6, 6.07) is 0. The number of rotatable bonds is 3. The predicted molar refractivity (Wildman–Crippen MR) is 34.9 cm³/mol. The molecule has 0 rings (SSSR count). The minimum Gasteiger partial charge on any atom is -0.277 e. The van der Waals surface area contributed by atoms with Gasteiger partial charge in [0.05, 0.1) is 0 Å². The molecule has 0 aliphatic carbocycles. The van der Waals surface area contributed by atoms with Crippen molar-refractivity contribution in [2.24, 2.45) is 10.1 Å². The van der Waals surface area contributed by atoms with Crippen LogP contribution in [0, 0.1) is 0 Å². The standard InChI is InChI=1S/C4H10N4/c1-5-4-8(3)7-6-2/h4,7H,2H2,1,3H3. The minimum absolute atomic E-state index is 1.59. The van der Waals surface area contributed by atoms with Gasteiger partial charge < -0.3 is 0 Å². The summed E-state index contributed by atoms with van der Waals surface area (Å²) in [5.74, 6) is 0. The van der Waals surface area contributed by atoms with Crippen molar-refractivity contribution >= 4 is 13.1 Å². The molecule has 0 bridgehead atoms. The van der Waals surface area contributed by atoms with Crippen LogP contribution in [0.4, 0.5) is 0 Å². The van der Waals surface area contributed by atoms with Gasteiger partial charge in [-0.1, -0.05) is 0 Å². The molecule has 0 saturated heterocycles. The zero-order valence-electron chi connectivity index (χ0n) is 5.13. The highest BCUT2D eigenvalue weighted by atomic mass is 15.6. The lowest BCUT2D eigenvalue weighted by molar-refractivity contribution is 0.392. The second-order valence-corrected chi connectivity index (χ2v) is 1.24. The van der Waals surface area contributed by atoms with Gasteiger partial charge in [-0.15, -0.1) is 0 Å². The summed E-state index contributed by atoms with van der Waals surface area (Å²) in [7, 11) is 3.46. The smallest absolute Gasteiger partial charge is 0.105 e. The predicted octanol–water partition coefficient (Wildman–Crippen LogP) is -0.304. The van der Waals surface area contributed by atoms with Crippen LogP contribution in [-0.2, 0) is 0 Å². The van der Waals surface area contributed by atoms with Crippen molar-refractivity contribution in [3.8, 4) is 0 Å². The summed E-state index contributed by atoms with van der Waals surface area (Å²) in [6.45, 7) is 3.22. The van der Waals surface area contributed by atoms with Crippen molar-refractivity contribution in [1.82, 2.24) is 10.5 Å². The Balaban J connectivity index is 3.31. The Bertz CT molecular complexity index is 88.0. The summed E-state index contributed by atoms with van der Waals surface area (Å²) < 4.78 is 0. The first-order valence-corrected chi connectivity index (χ1v) is 2.17. The van der Waals surface area contributed by atoms with E-state index in [-0.39, 0.29) is 0 Å². The molecule has 0 spiro atoms. The zero-order chi connectivity index (χ0) is 6.41. The molecule has 1 N–H and O–H groups in total. The highest BCUT2D eigenvalue weighted by Gasteiger charge is 1.78. The number of aliphatic imine (C=N–C) groups is 1. The summed E-state index contributed by atoms with van der Waals surface area (Å²) >= 11 is 0. The van der Waals surface area contributed by atoms with Crippen LogP contribution in [0.15, 0.2) is 10.1 Å². The Morgan fingerprint density at radius 2 is 2.38 bits per heavy atom. The third-order valence-electron chi connectivity index (χ3n) is 0.517. The molecule has 0 aliphatic rings. The Kier molecular flexibility index (Phi) is 3.56. The van der Waals surface area contributed by atoms with Gasteiger partial charge in [-0.25, -0.2) is 5.53 Å². The monoisotopic (exact) mass is 114 g/mol. The number of hydrazone groups is 1. The third kappa shape index (κ3) is 3.14. The van der Waals surface area contributed by atoms with Crippen LogP contribution in [0.2, 0.25) is 0 Å². The van der Waals surface area contributed by atoms with Gasteiger partial charge in [-0.2, -0.15) is 5.10 Å². The molecule has 46 valence electrons. The molecule has 0 aromatic heterocycles. The molecule has 0 saturated carbocycles. The van der Waals surface area contributed by atoms with Crippen LogP contribution in [0.3, 0.4) is 0 Å². The molecule has 4 nitrogen and oxygen atoms in total. The topological polar surface area (TPSA) is 40.0 Å². The maximum Gasteiger partial charge on any atom is 0.105 e. The summed E-state index contributed by atoms with van der Waals surface area (Å²) in [4.78, 5) is 3.70. The van der Waals surface area contributed by atoms with E-state index in [2.05, 4.69) is 22.3 Å². The van der Waals surface area contributed by atoms with Crippen molar-refractivity contribution in [2.45, 2.75) is 0 Å². The van der Waals surface area contributed by atoms with E-state index >= 15 is 0 Å². The lowest BCUT2D eigenvalue weighted by atomic mass is 11.1. The Morgan fingerprint density at radius 3 is 2.75 bits per heavy atom. The number of nitrogens with one attached hydrogen (secondary N) is 1. The third-order valence-corrected chi connectivity index (χ3v) is 0.517. The van der Waals surface area contributed by atoms with Crippen LogP contribution in [0.1, 0.15) is 0 Å². The van der Waals surface area contributed by atoms with Crippen molar-refractivity contribution in [1.29, 1.82) is 0 Å². The fourth-order valence-electron chi connectivity index (χ4n) is 0.311. The molecular formula is C4H10N4. The SMILES string of the molecule is C=NNN(C)C=NC. The van der Waals surface area contributed by atoms with Crippen LogP contribution >= 0.6 is 0 Å². The molecule has 0 heterocycles. The first-order valence-electron chi connectivity index (χ1n) is 2.17. The van der Waals surface area contributed by atoms with Gasteiger partial charge in [0.2, 0.25) is 0 Å². The normalized spacial score (nSPS) is 9.25. The Hall–Kier alpha value is -1.06. The van der Waals surface area contributed by atoms with E-state index in [4.69, 9.17) is 0 Å². The van der Waals surface area contributed by atoms with Gasteiger partial charge in [0.15, 0.2) is 0 Å². The molecule has 4 heteroatoms. The molecule has 0 amide bonds. The van der Waals surface area contributed by atoms with Crippen LogP contribution < -0.4 is 5.53 Å². The lowest BCUT2D eigenvalue weighted by Gasteiger charge is -2.08. The second kappa shape index (κ2) is 4.11. The fourth-order valence-corrected chi connectivity index (χ4v) is 0.311. The second-order valence-electron chi connectivity index (χ2n) is 1.24. The maximum atomic E-state index is 3.70. The molecule has 0 aromatic carbocycles. The average molecular weight is 114 g/mol. The largest absolute Gasteiger partial charge is 0.277 e. The molecular weight excluding hydrogens is 104 g/mol. The van der Waals surface area contributed by atoms with Gasteiger partial charge in [0.25, 0.3) is 0 Å². The van der Waals surface area contributed by atoms with Gasteiger partial charge in [-0.05, 0) is 0 Å². The zero-order valence-corrected chi connectivity index (χ0v) is 5.13. The summed E-state index contributed by atoms with van der Waals surface area (Å²) in [5, 5.41) is 4.98. The van der Waals surface area contributed by atoms with Crippen LogP contribution in [0.5, 0.6) is 0 Å². The van der Waals surface area contributed by atoms with Crippen molar-refractivity contribution in [2.75, 3.05) is 14.1 Å². The van der Waals surface area contributed by atoms with Gasteiger partial charge in [0.1, 0.15) is 6.34 Å². The van der Waals surface area contributed by atoms with E-state index in [0.717, 1.165) is 0 Å². The minimum atomic E-state index is 1.59. The highest BCUT2D eigenvalue weighted by Crippen LogP contribution is 1.64. The number of nitrogens with zero attached hydrogens (tertiary/aromatic N) is 3. The molecule has 0 aliphatic heterocycles. The van der Waals surface area contributed by atoms with Gasteiger partial charge >= 0.3 is 0 Å². The van der Waals surface area contributed by atoms with E-state index in [0.29, 0.717) is 0 Å². The quantitative estimate of drug-likeness (QED) is 0.311. The molecule has 0 fully saturated rings. The highest BCUT2D eigenvalue weighted by molar-refractivity contribution is 5.53. The number of hydrogen-bond donors (Lipinski definition) is 1. The first-order chi connectivity index (χ1) is 3.81. The Morgan fingerprint density at radius 1 is 1.75 bits per heavy atom. The maximum absolute atomic E-state index is 3.70. The van der Waals surface area contributed by atoms with Crippen molar-refractivity contribution in [3.05, 3.63) is 0 Å². The van der Waals surface area contributed by atoms with E-state index < -0.39 is 0 Å². The van der Waals surface area contributed by atoms with Crippen molar-refractivity contribution < 1.29 is 0 Å². The summed E-state index contributed by atoms with van der Waals surface area (Å²) in [5.41, 5.74) is 2.54. The molecule has 0 aromatic rings. The Labute approximate surface area is 48.9 Å². The average Bonchev–Trinajstić information content (AvgIpc) is 1.68. The van der Waals surface area contributed by atoms with Crippen LogP contribution in [0.25, 0.3) is 0 Å².